The standard InChI is InChI=1S/C24H34N4O5S/c1-15-16(2)18(4)21(19(5)17(15)3)34(32,33)27-12-10-26(11-13-27)20(29)14-28-22(30)24(25-23(28)31)8-6-7-9-24/h6-14H2,1-5H3,(H,25,31). The summed E-state index contributed by atoms with van der Waals surface area (Å²) < 4.78 is 28.5. The number of rotatable bonds is 4. The molecule has 1 spiro atoms. The van der Waals surface area contributed by atoms with Gasteiger partial charge in [-0.2, -0.15) is 4.31 Å². The summed E-state index contributed by atoms with van der Waals surface area (Å²) in [6, 6.07) is -0.516. The Balaban J connectivity index is 1.44. The van der Waals surface area contributed by atoms with Crippen LogP contribution in [0.1, 0.15) is 53.5 Å². The normalized spacial score (nSPS) is 21.0. The third kappa shape index (κ3) is 3.80. The molecular weight excluding hydrogens is 456 g/mol. The molecule has 1 saturated carbocycles. The number of imide groups is 1. The van der Waals surface area contributed by atoms with Gasteiger partial charge in [0.15, 0.2) is 0 Å². The summed E-state index contributed by atoms with van der Waals surface area (Å²) in [7, 11) is -3.72. The summed E-state index contributed by atoms with van der Waals surface area (Å²) in [5, 5.41) is 2.79. The summed E-state index contributed by atoms with van der Waals surface area (Å²) in [5.74, 6) is -0.661. The van der Waals surface area contributed by atoms with Crippen LogP contribution in [-0.2, 0) is 19.6 Å². The number of piperazine rings is 1. The van der Waals surface area contributed by atoms with E-state index in [0.717, 1.165) is 45.6 Å². The summed E-state index contributed by atoms with van der Waals surface area (Å²) >= 11 is 0. The van der Waals surface area contributed by atoms with Crippen LogP contribution in [-0.4, -0.2) is 78.6 Å². The Morgan fingerprint density at radius 2 is 1.35 bits per heavy atom. The van der Waals surface area contributed by atoms with Gasteiger partial charge in [0.25, 0.3) is 5.91 Å². The number of benzene rings is 1. The van der Waals surface area contributed by atoms with E-state index in [0.29, 0.717) is 17.7 Å². The second-order valence-electron chi connectivity index (χ2n) is 9.85. The van der Waals surface area contributed by atoms with Gasteiger partial charge in [0.05, 0.1) is 4.90 Å². The third-order valence-corrected chi connectivity index (χ3v) is 10.3. The van der Waals surface area contributed by atoms with Crippen LogP contribution >= 0.6 is 0 Å². The van der Waals surface area contributed by atoms with E-state index < -0.39 is 21.6 Å². The zero-order valence-electron chi connectivity index (χ0n) is 20.7. The van der Waals surface area contributed by atoms with Crippen molar-refractivity contribution in [3.8, 4) is 0 Å². The van der Waals surface area contributed by atoms with Crippen LogP contribution in [0.5, 0.6) is 0 Å². The number of hydrogen-bond acceptors (Lipinski definition) is 5. The molecule has 0 radical (unpaired) electrons. The number of hydrogen-bond donors (Lipinski definition) is 1. The minimum Gasteiger partial charge on any atom is -0.338 e. The predicted octanol–water partition coefficient (Wildman–Crippen LogP) is 1.93. The van der Waals surface area contributed by atoms with Gasteiger partial charge in [-0.05, 0) is 75.3 Å². The summed E-state index contributed by atoms with van der Waals surface area (Å²) in [6.07, 6.45) is 2.97. The molecule has 10 heteroatoms. The largest absolute Gasteiger partial charge is 0.338 e. The molecule has 0 bridgehead atoms. The van der Waals surface area contributed by atoms with Gasteiger partial charge < -0.3 is 10.2 Å². The van der Waals surface area contributed by atoms with Crippen LogP contribution in [0.3, 0.4) is 0 Å². The first-order valence-electron chi connectivity index (χ1n) is 11.9. The zero-order chi connectivity index (χ0) is 25.0. The van der Waals surface area contributed by atoms with Gasteiger partial charge in [0.1, 0.15) is 12.1 Å². The Bertz CT molecular complexity index is 1130. The first-order valence-corrected chi connectivity index (χ1v) is 13.3. The Morgan fingerprint density at radius 1 is 0.853 bits per heavy atom. The molecule has 9 nitrogen and oxygen atoms in total. The maximum absolute atomic E-state index is 13.5. The number of nitrogens with one attached hydrogen (secondary N) is 1. The molecule has 0 aromatic heterocycles. The number of carbonyl (C=O) groups is 3. The lowest BCUT2D eigenvalue weighted by molar-refractivity contribution is -0.139. The Hall–Kier alpha value is -2.46. The molecule has 4 amide bonds. The van der Waals surface area contributed by atoms with Crippen molar-refractivity contribution < 1.29 is 22.8 Å². The maximum atomic E-state index is 13.5. The Morgan fingerprint density at radius 3 is 1.88 bits per heavy atom. The van der Waals surface area contributed by atoms with Crippen molar-refractivity contribution in [1.82, 2.24) is 19.4 Å². The van der Waals surface area contributed by atoms with E-state index in [4.69, 9.17) is 0 Å². The van der Waals surface area contributed by atoms with Crippen LogP contribution < -0.4 is 5.32 Å². The van der Waals surface area contributed by atoms with E-state index in [9.17, 15) is 22.8 Å². The number of amides is 4. The molecule has 3 fully saturated rings. The van der Waals surface area contributed by atoms with Gasteiger partial charge in [0.2, 0.25) is 15.9 Å². The molecule has 2 heterocycles. The van der Waals surface area contributed by atoms with Crippen LogP contribution in [0.4, 0.5) is 4.79 Å². The van der Waals surface area contributed by atoms with E-state index in [-0.39, 0.29) is 44.5 Å². The van der Waals surface area contributed by atoms with Gasteiger partial charge in [-0.3, -0.25) is 14.5 Å². The fraction of sp³-hybridized carbons (Fsp3) is 0.625. The zero-order valence-corrected chi connectivity index (χ0v) is 21.5. The highest BCUT2D eigenvalue weighted by Crippen LogP contribution is 2.35. The minimum atomic E-state index is -3.72. The number of sulfonamides is 1. The second-order valence-corrected chi connectivity index (χ2v) is 11.7. The molecule has 1 aromatic carbocycles. The molecule has 0 unspecified atom stereocenters. The number of carbonyl (C=O) groups excluding carboxylic acids is 3. The van der Waals surface area contributed by atoms with Crippen LogP contribution in [0, 0.1) is 34.6 Å². The predicted molar refractivity (Wildman–Crippen MR) is 127 cm³/mol. The number of urea groups is 1. The highest BCUT2D eigenvalue weighted by Gasteiger charge is 2.53. The van der Waals surface area contributed by atoms with Crippen LogP contribution in [0.2, 0.25) is 0 Å². The fourth-order valence-electron chi connectivity index (χ4n) is 5.53. The first-order chi connectivity index (χ1) is 15.9. The average molecular weight is 491 g/mol. The second kappa shape index (κ2) is 8.64. The topological polar surface area (TPSA) is 107 Å². The lowest BCUT2D eigenvalue weighted by atomic mass is 9.95. The summed E-state index contributed by atoms with van der Waals surface area (Å²) in [5.41, 5.74) is 3.74. The average Bonchev–Trinajstić information content (AvgIpc) is 3.36. The smallest absolute Gasteiger partial charge is 0.325 e. The van der Waals surface area contributed by atoms with E-state index in [1.165, 1.54) is 9.21 Å². The van der Waals surface area contributed by atoms with E-state index >= 15 is 0 Å². The van der Waals surface area contributed by atoms with Crippen molar-refractivity contribution >= 4 is 27.9 Å². The quantitative estimate of drug-likeness (QED) is 0.649. The van der Waals surface area contributed by atoms with E-state index in [2.05, 4.69) is 5.32 Å². The Labute approximate surface area is 201 Å². The van der Waals surface area contributed by atoms with Crippen molar-refractivity contribution in [2.24, 2.45) is 0 Å². The van der Waals surface area contributed by atoms with Gasteiger partial charge in [-0.25, -0.2) is 13.2 Å². The van der Waals surface area contributed by atoms with Crippen molar-refractivity contribution in [2.75, 3.05) is 32.7 Å². The molecule has 1 aromatic rings. The van der Waals surface area contributed by atoms with Gasteiger partial charge in [-0.15, -0.1) is 0 Å². The minimum absolute atomic E-state index is 0.170. The molecule has 1 aliphatic carbocycles. The first kappa shape index (κ1) is 24.7. The van der Waals surface area contributed by atoms with E-state index in [1.807, 2.05) is 34.6 Å². The fourth-order valence-corrected chi connectivity index (χ4v) is 7.51. The molecule has 2 aliphatic heterocycles. The highest BCUT2D eigenvalue weighted by atomic mass is 32.2. The summed E-state index contributed by atoms with van der Waals surface area (Å²) in [6.45, 7) is 10.0. The van der Waals surface area contributed by atoms with Gasteiger partial charge >= 0.3 is 6.03 Å². The van der Waals surface area contributed by atoms with Crippen molar-refractivity contribution in [3.63, 3.8) is 0 Å². The molecule has 0 atom stereocenters. The lowest BCUT2D eigenvalue weighted by Gasteiger charge is -2.35. The van der Waals surface area contributed by atoms with Crippen LogP contribution in [0.25, 0.3) is 0 Å². The third-order valence-electron chi connectivity index (χ3n) is 8.12. The van der Waals surface area contributed by atoms with Crippen LogP contribution in [0.15, 0.2) is 4.90 Å². The SMILES string of the molecule is Cc1c(C)c(C)c(S(=O)(=O)N2CCN(C(=O)CN3C(=O)NC4(CCCC4)C3=O)CC2)c(C)c1C. The monoisotopic (exact) mass is 490 g/mol. The molecule has 186 valence electrons. The lowest BCUT2D eigenvalue weighted by Crippen LogP contribution is -2.53. The van der Waals surface area contributed by atoms with Crippen molar-refractivity contribution in [2.45, 2.75) is 70.7 Å². The Kier molecular flexibility index (Phi) is 6.27. The summed E-state index contributed by atoms with van der Waals surface area (Å²) in [4.78, 5) is 41.0. The molecule has 4 rings (SSSR count). The van der Waals surface area contributed by atoms with Gasteiger partial charge in [-0.1, -0.05) is 12.8 Å². The molecule has 2 saturated heterocycles. The van der Waals surface area contributed by atoms with Crippen molar-refractivity contribution in [3.05, 3.63) is 27.8 Å². The molecule has 34 heavy (non-hydrogen) atoms. The number of nitrogens with zero attached hydrogens (tertiary/aromatic N) is 3. The van der Waals surface area contributed by atoms with E-state index in [1.54, 1.807) is 0 Å². The van der Waals surface area contributed by atoms with Gasteiger partial charge in [0, 0.05) is 26.2 Å². The highest BCUT2D eigenvalue weighted by molar-refractivity contribution is 7.89. The molecule has 3 aliphatic rings. The molecule has 1 N–H and O–H groups in total. The molecular formula is C24H34N4O5S. The maximum Gasteiger partial charge on any atom is 0.325 e. The van der Waals surface area contributed by atoms with Crippen molar-refractivity contribution in [1.29, 1.82) is 0 Å².